The molecule has 0 amide bonds. The van der Waals surface area contributed by atoms with Crippen LogP contribution in [-0.4, -0.2) is 74.1 Å². The van der Waals surface area contributed by atoms with E-state index in [1.807, 2.05) is 24.3 Å². The molecule has 2 aliphatic carbocycles. The Hall–Kier alpha value is -4.71. The van der Waals surface area contributed by atoms with Crippen LogP contribution in [0.1, 0.15) is 55.7 Å². The predicted molar refractivity (Wildman–Crippen MR) is 169 cm³/mol. The van der Waals surface area contributed by atoms with Crippen LogP contribution in [0.25, 0.3) is 0 Å². The van der Waals surface area contributed by atoms with Crippen LogP contribution in [0.2, 0.25) is 0 Å². The number of esters is 5. The second-order valence-corrected chi connectivity index (χ2v) is 12.6. The Morgan fingerprint density at radius 1 is 0.771 bits per heavy atom. The maximum atomic E-state index is 13.5. The average Bonchev–Trinajstić information content (AvgIpc) is 3.06. The van der Waals surface area contributed by atoms with Gasteiger partial charge in [-0.25, -0.2) is 4.79 Å². The summed E-state index contributed by atoms with van der Waals surface area (Å²) >= 11 is 0. The quantitative estimate of drug-likeness (QED) is 0.214. The molecule has 2 aromatic rings. The molecule has 2 N–H and O–H groups in total. The van der Waals surface area contributed by atoms with Crippen molar-refractivity contribution >= 4 is 29.8 Å². The van der Waals surface area contributed by atoms with Crippen LogP contribution >= 0.6 is 0 Å². The Bertz CT molecular complexity index is 1570. The largest absolute Gasteiger partial charge is 0.511 e. The number of benzene rings is 2. The summed E-state index contributed by atoms with van der Waals surface area (Å²) in [7, 11) is 4.18. The summed E-state index contributed by atoms with van der Waals surface area (Å²) in [6, 6.07) is 14.0. The van der Waals surface area contributed by atoms with Gasteiger partial charge in [0.2, 0.25) is 0 Å². The van der Waals surface area contributed by atoms with Gasteiger partial charge in [-0.2, -0.15) is 0 Å². The fraction of sp³-hybridized carbons (Fsp3) is 0.472. The third-order valence-electron chi connectivity index (χ3n) is 9.45. The van der Waals surface area contributed by atoms with Gasteiger partial charge in [-0.1, -0.05) is 50.2 Å². The molecule has 4 rings (SSSR count). The highest BCUT2D eigenvalue weighted by atomic mass is 16.5. The summed E-state index contributed by atoms with van der Waals surface area (Å²) in [5, 5.41) is 23.7. The van der Waals surface area contributed by atoms with E-state index in [0.29, 0.717) is 11.5 Å². The van der Waals surface area contributed by atoms with Crippen molar-refractivity contribution in [2.75, 3.05) is 28.4 Å². The van der Waals surface area contributed by atoms with Crippen LogP contribution in [0.15, 0.2) is 59.9 Å². The normalized spacial score (nSPS) is 25.5. The number of hydrogen-bond acceptors (Lipinski definition) is 12. The summed E-state index contributed by atoms with van der Waals surface area (Å²) in [4.78, 5) is 66.0. The molecule has 258 valence electrons. The highest BCUT2D eigenvalue weighted by molar-refractivity contribution is 5.96. The van der Waals surface area contributed by atoms with Gasteiger partial charge < -0.3 is 33.9 Å². The fourth-order valence-electron chi connectivity index (χ4n) is 7.20. The SMILES string of the molecule is COC(=O)C1=C(O)[C@H](C(=O)OC)C2(O)C(C(=O)OC)[C@H](c3ccc(OC(=O)C(C)c4ccc(CC(C)C)cc4)cc3)C[C@@H]1[C@@H]2C(=O)OC. The fourth-order valence-corrected chi connectivity index (χ4v) is 7.20. The Labute approximate surface area is 279 Å². The van der Waals surface area contributed by atoms with Gasteiger partial charge >= 0.3 is 29.8 Å². The lowest BCUT2D eigenvalue weighted by atomic mass is 9.49. The van der Waals surface area contributed by atoms with Crippen molar-refractivity contribution < 1.29 is 57.9 Å². The lowest BCUT2D eigenvalue weighted by molar-refractivity contribution is -0.208. The molecule has 2 bridgehead atoms. The van der Waals surface area contributed by atoms with Gasteiger partial charge in [0.1, 0.15) is 23.0 Å². The van der Waals surface area contributed by atoms with Crippen LogP contribution in [0, 0.1) is 29.6 Å². The van der Waals surface area contributed by atoms with Gasteiger partial charge in [0, 0.05) is 11.8 Å². The Kier molecular flexibility index (Phi) is 11.0. The van der Waals surface area contributed by atoms with Crippen LogP contribution in [0.5, 0.6) is 5.75 Å². The zero-order chi connectivity index (χ0) is 35.5. The molecular formula is C36H42O12. The number of methoxy groups -OCH3 is 4. The Morgan fingerprint density at radius 2 is 1.31 bits per heavy atom. The smallest absolute Gasteiger partial charge is 0.337 e. The lowest BCUT2D eigenvalue weighted by Crippen LogP contribution is -2.68. The molecule has 12 heteroatoms. The van der Waals surface area contributed by atoms with E-state index in [2.05, 4.69) is 13.8 Å². The van der Waals surface area contributed by atoms with E-state index in [4.69, 9.17) is 23.7 Å². The van der Waals surface area contributed by atoms with Crippen molar-refractivity contribution in [2.24, 2.45) is 29.6 Å². The molecule has 48 heavy (non-hydrogen) atoms. The van der Waals surface area contributed by atoms with Crippen molar-refractivity contribution in [3.8, 4) is 5.75 Å². The van der Waals surface area contributed by atoms with Crippen molar-refractivity contribution in [1.82, 2.24) is 0 Å². The molecule has 0 aromatic heterocycles. The number of carbonyl (C=O) groups excluding carboxylic acids is 5. The molecule has 0 aliphatic heterocycles. The van der Waals surface area contributed by atoms with E-state index in [1.54, 1.807) is 19.1 Å². The first-order chi connectivity index (χ1) is 22.7. The Morgan fingerprint density at radius 3 is 1.81 bits per heavy atom. The van der Waals surface area contributed by atoms with Crippen LogP contribution in [-0.2, 0) is 49.3 Å². The summed E-state index contributed by atoms with van der Waals surface area (Å²) in [5.41, 5.74) is -0.677. The minimum absolute atomic E-state index is 0.146. The van der Waals surface area contributed by atoms with Gasteiger partial charge in [0.25, 0.3) is 0 Å². The molecule has 7 atom stereocenters. The first kappa shape index (κ1) is 36.1. The van der Waals surface area contributed by atoms with Crippen LogP contribution in [0.3, 0.4) is 0 Å². The summed E-state index contributed by atoms with van der Waals surface area (Å²) in [6.45, 7) is 6.01. The van der Waals surface area contributed by atoms with E-state index in [1.165, 1.54) is 17.7 Å². The van der Waals surface area contributed by atoms with E-state index in [9.17, 15) is 34.2 Å². The zero-order valence-corrected chi connectivity index (χ0v) is 28.1. The van der Waals surface area contributed by atoms with Crippen molar-refractivity contribution in [1.29, 1.82) is 0 Å². The van der Waals surface area contributed by atoms with E-state index in [0.717, 1.165) is 40.4 Å². The first-order valence-electron chi connectivity index (χ1n) is 15.6. The second kappa shape index (κ2) is 14.6. The third-order valence-corrected chi connectivity index (χ3v) is 9.45. The number of aliphatic hydroxyl groups is 2. The van der Waals surface area contributed by atoms with Gasteiger partial charge in [-0.3, -0.25) is 19.2 Å². The Balaban J connectivity index is 1.72. The number of aliphatic hydroxyl groups excluding tert-OH is 1. The van der Waals surface area contributed by atoms with E-state index in [-0.39, 0.29) is 12.2 Å². The number of hydrogen-bond donors (Lipinski definition) is 2. The van der Waals surface area contributed by atoms with Crippen molar-refractivity contribution in [3.63, 3.8) is 0 Å². The molecule has 0 spiro atoms. The lowest BCUT2D eigenvalue weighted by Gasteiger charge is -2.55. The van der Waals surface area contributed by atoms with E-state index < -0.39 is 82.3 Å². The molecule has 1 fully saturated rings. The van der Waals surface area contributed by atoms with Gasteiger partial charge in [-0.15, -0.1) is 0 Å². The zero-order valence-electron chi connectivity index (χ0n) is 28.1. The monoisotopic (exact) mass is 666 g/mol. The highest BCUT2D eigenvalue weighted by Crippen LogP contribution is 2.60. The summed E-state index contributed by atoms with van der Waals surface area (Å²) in [6.07, 6.45) is 0.781. The molecule has 0 saturated heterocycles. The van der Waals surface area contributed by atoms with Crippen LogP contribution < -0.4 is 4.74 Å². The number of fused-ring (bicyclic) bond motifs is 2. The maximum Gasteiger partial charge on any atom is 0.337 e. The van der Waals surface area contributed by atoms with Gasteiger partial charge in [0.15, 0.2) is 0 Å². The van der Waals surface area contributed by atoms with Crippen molar-refractivity contribution in [2.45, 2.75) is 51.0 Å². The summed E-state index contributed by atoms with van der Waals surface area (Å²) in [5.74, 6) is -13.0. The molecule has 12 nitrogen and oxygen atoms in total. The molecule has 3 unspecified atom stereocenters. The average molecular weight is 667 g/mol. The first-order valence-corrected chi connectivity index (χ1v) is 15.6. The predicted octanol–water partition coefficient (Wildman–Crippen LogP) is 3.80. The number of carbonyl (C=O) groups is 5. The molecule has 0 radical (unpaired) electrons. The minimum atomic E-state index is -2.66. The number of rotatable bonds is 10. The van der Waals surface area contributed by atoms with Crippen molar-refractivity contribution in [3.05, 3.63) is 76.6 Å². The van der Waals surface area contributed by atoms with E-state index >= 15 is 0 Å². The molecule has 0 heterocycles. The second-order valence-electron chi connectivity index (χ2n) is 12.6. The van der Waals surface area contributed by atoms with Crippen LogP contribution in [0.4, 0.5) is 0 Å². The molecule has 1 saturated carbocycles. The minimum Gasteiger partial charge on any atom is -0.511 e. The third kappa shape index (κ3) is 6.53. The molecular weight excluding hydrogens is 624 g/mol. The molecule has 2 aromatic carbocycles. The highest BCUT2D eigenvalue weighted by Gasteiger charge is 2.71. The summed E-state index contributed by atoms with van der Waals surface area (Å²) < 4.78 is 25.4. The van der Waals surface area contributed by atoms with Gasteiger partial charge in [0.05, 0.1) is 51.8 Å². The topological polar surface area (TPSA) is 172 Å². The van der Waals surface area contributed by atoms with Gasteiger partial charge in [-0.05, 0) is 54.5 Å². The number of ether oxygens (including phenoxy) is 5. The molecule has 2 aliphatic rings. The maximum absolute atomic E-state index is 13.5. The standard InChI is InChI=1S/C36H42O12/c1-18(2)16-20-8-10-21(11-9-20)19(3)31(38)48-23-14-12-22(13-15-23)24-17-25-26(32(39)44-4)30(37)29(35(42)47-7)36(43,27(24)33(40)45-5)28(25)34(41)46-6/h8-15,18-19,24-25,27-29,37,43H,16-17H2,1-7H3/t19?,24-,25-,27?,28+,29+,36?/m0/s1.